The molecular weight excluding hydrogens is 282 g/mol. The van der Waals surface area contributed by atoms with Gasteiger partial charge in [-0.15, -0.1) is 0 Å². The number of alkyl carbamates (subject to hydrolysis) is 1. The van der Waals surface area contributed by atoms with E-state index in [1.807, 2.05) is 20.2 Å². The molecule has 6 heteroatoms. The molecule has 0 saturated heterocycles. The molecule has 0 saturated carbocycles. The number of hydrogen-bond acceptors (Lipinski definition) is 4. The lowest BCUT2D eigenvalue weighted by atomic mass is 9.82. The summed E-state index contributed by atoms with van der Waals surface area (Å²) in [6.07, 6.45) is 6.07. The molecule has 0 aromatic carbocycles. The molecule has 1 rings (SSSR count). The van der Waals surface area contributed by atoms with E-state index in [0.717, 1.165) is 25.8 Å². The van der Waals surface area contributed by atoms with E-state index >= 15 is 0 Å². The molecule has 2 unspecified atom stereocenters. The third-order valence-corrected chi connectivity index (χ3v) is 3.80. The number of nitrogens with zero attached hydrogens (tertiary/aromatic N) is 2. The van der Waals surface area contributed by atoms with Crippen LogP contribution in [-0.4, -0.2) is 69.7 Å². The van der Waals surface area contributed by atoms with E-state index < -0.39 is 6.09 Å². The topological polar surface area (TPSA) is 61.9 Å². The highest BCUT2D eigenvalue weighted by Crippen LogP contribution is 2.27. The first-order valence-electron chi connectivity index (χ1n) is 7.83. The first-order chi connectivity index (χ1) is 10.4. The summed E-state index contributed by atoms with van der Waals surface area (Å²) in [5.41, 5.74) is 0. The Morgan fingerprint density at radius 3 is 2.50 bits per heavy atom. The van der Waals surface area contributed by atoms with E-state index in [-0.39, 0.29) is 24.3 Å². The fourth-order valence-electron chi connectivity index (χ4n) is 2.51. The fraction of sp³-hybridized carbons (Fsp3) is 0.750. The standard InChI is InChI=1S/C16H29N3O3/c1-18(2)11-7-10-17-16(21)22-12-13-8-5-6-9-14(13)15(20)19(3)4/h5-6,13-14H,7-12H2,1-4H3,(H,17,21). The third-order valence-electron chi connectivity index (χ3n) is 3.80. The molecule has 0 aromatic rings. The van der Waals surface area contributed by atoms with Crippen LogP contribution >= 0.6 is 0 Å². The highest BCUT2D eigenvalue weighted by atomic mass is 16.5. The predicted octanol–water partition coefficient (Wildman–Crippen LogP) is 1.33. The summed E-state index contributed by atoms with van der Waals surface area (Å²) in [5, 5.41) is 2.74. The molecule has 2 amide bonds. The van der Waals surface area contributed by atoms with Crippen molar-refractivity contribution in [3.63, 3.8) is 0 Å². The highest BCUT2D eigenvalue weighted by Gasteiger charge is 2.30. The SMILES string of the molecule is CN(C)CCCNC(=O)OCC1CC=CCC1C(=O)N(C)C. The van der Waals surface area contributed by atoms with Gasteiger partial charge < -0.3 is 19.9 Å². The van der Waals surface area contributed by atoms with Crippen molar-refractivity contribution >= 4 is 12.0 Å². The van der Waals surface area contributed by atoms with Gasteiger partial charge in [-0.3, -0.25) is 4.79 Å². The van der Waals surface area contributed by atoms with Gasteiger partial charge in [0.05, 0.1) is 6.61 Å². The van der Waals surface area contributed by atoms with E-state index in [0.29, 0.717) is 6.54 Å². The lowest BCUT2D eigenvalue weighted by Gasteiger charge is -2.29. The second-order valence-corrected chi connectivity index (χ2v) is 6.22. The summed E-state index contributed by atoms with van der Waals surface area (Å²) in [5.74, 6) is 0.0679. The molecule has 0 spiro atoms. The third kappa shape index (κ3) is 6.47. The molecule has 22 heavy (non-hydrogen) atoms. The molecule has 0 aromatic heterocycles. The van der Waals surface area contributed by atoms with Crippen LogP contribution in [0.5, 0.6) is 0 Å². The van der Waals surface area contributed by atoms with Gasteiger partial charge in [0.1, 0.15) is 0 Å². The number of ether oxygens (including phenoxy) is 1. The molecule has 1 aliphatic carbocycles. The average molecular weight is 311 g/mol. The van der Waals surface area contributed by atoms with Crippen molar-refractivity contribution in [2.75, 3.05) is 47.9 Å². The first kappa shape index (κ1) is 18.5. The van der Waals surface area contributed by atoms with Gasteiger partial charge in [0.2, 0.25) is 5.91 Å². The number of amides is 2. The van der Waals surface area contributed by atoms with Crippen molar-refractivity contribution in [2.24, 2.45) is 11.8 Å². The zero-order valence-electron chi connectivity index (χ0n) is 14.2. The minimum Gasteiger partial charge on any atom is -0.449 e. The van der Waals surface area contributed by atoms with Crippen LogP contribution in [0.4, 0.5) is 4.79 Å². The van der Waals surface area contributed by atoms with Gasteiger partial charge in [0.15, 0.2) is 0 Å². The van der Waals surface area contributed by atoms with E-state index in [2.05, 4.69) is 16.3 Å². The van der Waals surface area contributed by atoms with Crippen molar-refractivity contribution in [1.29, 1.82) is 0 Å². The fourth-order valence-corrected chi connectivity index (χ4v) is 2.51. The van der Waals surface area contributed by atoms with Crippen LogP contribution < -0.4 is 5.32 Å². The van der Waals surface area contributed by atoms with E-state index in [1.54, 1.807) is 19.0 Å². The summed E-state index contributed by atoms with van der Waals surface area (Å²) >= 11 is 0. The first-order valence-corrected chi connectivity index (χ1v) is 7.83. The van der Waals surface area contributed by atoms with E-state index in [9.17, 15) is 9.59 Å². The van der Waals surface area contributed by atoms with Gasteiger partial charge in [0, 0.05) is 32.5 Å². The summed E-state index contributed by atoms with van der Waals surface area (Å²) in [7, 11) is 7.51. The van der Waals surface area contributed by atoms with Gasteiger partial charge in [-0.2, -0.15) is 0 Å². The van der Waals surface area contributed by atoms with Crippen LogP contribution in [0.25, 0.3) is 0 Å². The molecule has 0 heterocycles. The molecule has 126 valence electrons. The summed E-state index contributed by atoms with van der Waals surface area (Å²) in [4.78, 5) is 27.5. The Hall–Kier alpha value is -1.56. The second kappa shape index (κ2) is 9.46. The van der Waals surface area contributed by atoms with Crippen molar-refractivity contribution in [3.05, 3.63) is 12.2 Å². The van der Waals surface area contributed by atoms with Crippen molar-refractivity contribution in [2.45, 2.75) is 19.3 Å². The quantitative estimate of drug-likeness (QED) is 0.569. The largest absolute Gasteiger partial charge is 0.449 e. The number of carbonyl (C=O) groups is 2. The zero-order valence-corrected chi connectivity index (χ0v) is 14.2. The Labute approximate surface area is 133 Å². The average Bonchev–Trinajstić information content (AvgIpc) is 2.48. The number of rotatable bonds is 7. The summed E-state index contributed by atoms with van der Waals surface area (Å²) < 4.78 is 5.28. The van der Waals surface area contributed by atoms with E-state index in [4.69, 9.17) is 4.74 Å². The van der Waals surface area contributed by atoms with Gasteiger partial charge in [0.25, 0.3) is 0 Å². The van der Waals surface area contributed by atoms with Gasteiger partial charge >= 0.3 is 6.09 Å². The Balaban J connectivity index is 2.33. The second-order valence-electron chi connectivity index (χ2n) is 6.22. The summed E-state index contributed by atoms with van der Waals surface area (Å²) in [6.45, 7) is 1.81. The molecule has 6 nitrogen and oxygen atoms in total. The van der Waals surface area contributed by atoms with Crippen LogP contribution in [0.2, 0.25) is 0 Å². The number of hydrogen-bond donors (Lipinski definition) is 1. The smallest absolute Gasteiger partial charge is 0.407 e. The van der Waals surface area contributed by atoms with Crippen molar-refractivity contribution in [3.8, 4) is 0 Å². The van der Waals surface area contributed by atoms with E-state index in [1.165, 1.54) is 0 Å². The van der Waals surface area contributed by atoms with Crippen LogP contribution in [0.3, 0.4) is 0 Å². The Kier molecular flexibility index (Phi) is 7.95. The maximum Gasteiger partial charge on any atom is 0.407 e. The van der Waals surface area contributed by atoms with Gasteiger partial charge in [-0.05, 0) is 39.9 Å². The van der Waals surface area contributed by atoms with Crippen molar-refractivity contribution in [1.82, 2.24) is 15.1 Å². The van der Waals surface area contributed by atoms with Crippen LogP contribution in [-0.2, 0) is 9.53 Å². The molecule has 0 fully saturated rings. The lowest BCUT2D eigenvalue weighted by Crippen LogP contribution is -2.38. The minimum absolute atomic E-state index is 0.0624. The number of nitrogens with one attached hydrogen (secondary N) is 1. The number of carbonyl (C=O) groups excluding carboxylic acids is 2. The Morgan fingerprint density at radius 2 is 1.86 bits per heavy atom. The van der Waals surface area contributed by atoms with Gasteiger partial charge in [-0.25, -0.2) is 4.79 Å². The maximum absolute atomic E-state index is 12.2. The van der Waals surface area contributed by atoms with Gasteiger partial charge in [-0.1, -0.05) is 12.2 Å². The summed E-state index contributed by atoms with van der Waals surface area (Å²) in [6, 6.07) is 0. The molecule has 1 aliphatic rings. The maximum atomic E-state index is 12.2. The molecule has 0 aliphatic heterocycles. The zero-order chi connectivity index (χ0) is 16.5. The van der Waals surface area contributed by atoms with Crippen LogP contribution in [0.1, 0.15) is 19.3 Å². The molecule has 2 atom stereocenters. The Morgan fingerprint density at radius 1 is 1.18 bits per heavy atom. The normalized spacial score (nSPS) is 20.8. The molecule has 1 N–H and O–H groups in total. The minimum atomic E-state index is -0.399. The Bertz CT molecular complexity index is 394. The van der Waals surface area contributed by atoms with Crippen molar-refractivity contribution < 1.29 is 14.3 Å². The molecule has 0 radical (unpaired) electrons. The van der Waals surface area contributed by atoms with Crippen LogP contribution in [0.15, 0.2) is 12.2 Å². The number of allylic oxidation sites excluding steroid dienone is 2. The predicted molar refractivity (Wildman–Crippen MR) is 86.6 cm³/mol. The molecule has 0 bridgehead atoms. The lowest BCUT2D eigenvalue weighted by molar-refractivity contribution is -0.135. The molecular formula is C16H29N3O3. The highest BCUT2D eigenvalue weighted by molar-refractivity contribution is 5.79. The monoisotopic (exact) mass is 311 g/mol. The van der Waals surface area contributed by atoms with Crippen LogP contribution in [0, 0.1) is 11.8 Å².